The molecule has 0 radical (unpaired) electrons. The summed E-state index contributed by atoms with van der Waals surface area (Å²) in [5.41, 5.74) is 1.01. The smallest absolute Gasteiger partial charge is 0.0964 e. The third-order valence-electron chi connectivity index (χ3n) is 3.19. The van der Waals surface area contributed by atoms with E-state index >= 15 is 0 Å². The Morgan fingerprint density at radius 3 is 3.11 bits per heavy atom. The van der Waals surface area contributed by atoms with Gasteiger partial charge in [-0.1, -0.05) is 18.2 Å². The molecule has 0 aliphatic heterocycles. The van der Waals surface area contributed by atoms with Gasteiger partial charge in [0.1, 0.15) is 0 Å². The van der Waals surface area contributed by atoms with Gasteiger partial charge >= 0.3 is 0 Å². The molecule has 1 aromatic heterocycles. The molecule has 0 spiro atoms. The lowest BCUT2D eigenvalue weighted by Crippen LogP contribution is -2.30. The van der Waals surface area contributed by atoms with E-state index in [1.54, 1.807) is 0 Å². The van der Waals surface area contributed by atoms with Crippen LogP contribution < -0.4 is 5.32 Å². The summed E-state index contributed by atoms with van der Waals surface area (Å²) in [7, 11) is 0. The molecule has 100 valence electrons. The highest BCUT2D eigenvalue weighted by Crippen LogP contribution is 2.26. The molecular weight excluding hydrogens is 226 g/mol. The van der Waals surface area contributed by atoms with Gasteiger partial charge in [0.25, 0.3) is 0 Å². The van der Waals surface area contributed by atoms with Crippen molar-refractivity contribution in [1.29, 1.82) is 0 Å². The predicted molar refractivity (Wildman–Crippen MR) is 72.2 cm³/mol. The molecule has 0 bridgehead atoms. The van der Waals surface area contributed by atoms with Crippen LogP contribution in [0.1, 0.15) is 25.5 Å². The third-order valence-corrected chi connectivity index (χ3v) is 3.19. The molecule has 1 N–H and O–H groups in total. The fourth-order valence-corrected chi connectivity index (χ4v) is 2.04. The van der Waals surface area contributed by atoms with Crippen molar-refractivity contribution in [3.8, 4) is 0 Å². The molecule has 1 saturated carbocycles. The van der Waals surface area contributed by atoms with E-state index in [9.17, 15) is 0 Å². The van der Waals surface area contributed by atoms with Gasteiger partial charge in [-0.2, -0.15) is 0 Å². The van der Waals surface area contributed by atoms with E-state index in [0.717, 1.165) is 44.5 Å². The molecule has 0 aromatic carbocycles. The van der Waals surface area contributed by atoms with Gasteiger partial charge in [0.05, 0.1) is 12.2 Å². The van der Waals surface area contributed by atoms with Crippen LogP contribution in [0.2, 0.25) is 0 Å². The Kier molecular flexibility index (Phi) is 4.90. The molecule has 0 saturated heterocycles. The van der Waals surface area contributed by atoms with Crippen molar-refractivity contribution in [2.75, 3.05) is 19.6 Å². The van der Waals surface area contributed by atoms with E-state index in [2.05, 4.69) is 34.0 Å². The van der Waals surface area contributed by atoms with Crippen molar-refractivity contribution < 1.29 is 0 Å². The highest BCUT2D eigenvalue weighted by atomic mass is 15.4. The topological polar surface area (TPSA) is 46.0 Å². The molecular formula is C13H23N5. The highest BCUT2D eigenvalue weighted by molar-refractivity contribution is 4.92. The summed E-state index contributed by atoms with van der Waals surface area (Å²) in [6, 6.07) is 0.771. The SMILES string of the molecule is C=CCN(CCn1cc(CNCC)nn1)C1CC1. The van der Waals surface area contributed by atoms with Crippen molar-refractivity contribution in [3.05, 3.63) is 24.5 Å². The number of hydrogen-bond donors (Lipinski definition) is 1. The molecule has 2 rings (SSSR count). The zero-order valence-electron chi connectivity index (χ0n) is 11.2. The number of nitrogens with zero attached hydrogens (tertiary/aromatic N) is 4. The van der Waals surface area contributed by atoms with Gasteiger partial charge in [-0.05, 0) is 19.4 Å². The Hall–Kier alpha value is -1.20. The van der Waals surface area contributed by atoms with E-state index in [1.165, 1.54) is 12.8 Å². The molecule has 5 nitrogen and oxygen atoms in total. The van der Waals surface area contributed by atoms with Crippen LogP contribution in [0.15, 0.2) is 18.9 Å². The monoisotopic (exact) mass is 249 g/mol. The maximum atomic E-state index is 4.16. The molecule has 0 amide bonds. The zero-order chi connectivity index (χ0) is 12.8. The summed E-state index contributed by atoms with van der Waals surface area (Å²) in [5.74, 6) is 0. The molecule has 18 heavy (non-hydrogen) atoms. The van der Waals surface area contributed by atoms with E-state index in [1.807, 2.05) is 17.0 Å². The van der Waals surface area contributed by atoms with Crippen LogP contribution in [-0.2, 0) is 13.1 Å². The zero-order valence-corrected chi connectivity index (χ0v) is 11.2. The fraction of sp³-hybridized carbons (Fsp3) is 0.692. The van der Waals surface area contributed by atoms with Gasteiger partial charge in [0.15, 0.2) is 0 Å². The van der Waals surface area contributed by atoms with E-state index in [4.69, 9.17) is 0 Å². The van der Waals surface area contributed by atoms with Crippen LogP contribution in [-0.4, -0.2) is 45.6 Å². The minimum absolute atomic E-state index is 0.771. The van der Waals surface area contributed by atoms with E-state index in [-0.39, 0.29) is 0 Å². The molecule has 0 atom stereocenters. The number of rotatable bonds is 9. The van der Waals surface area contributed by atoms with E-state index in [0.29, 0.717) is 0 Å². The minimum Gasteiger partial charge on any atom is -0.311 e. The average Bonchev–Trinajstić information content (AvgIpc) is 3.12. The quantitative estimate of drug-likeness (QED) is 0.664. The lowest BCUT2D eigenvalue weighted by atomic mass is 10.4. The van der Waals surface area contributed by atoms with Gasteiger partial charge in [-0.15, -0.1) is 11.7 Å². The average molecular weight is 249 g/mol. The molecule has 0 unspecified atom stereocenters. The second-order valence-corrected chi connectivity index (χ2v) is 4.77. The van der Waals surface area contributed by atoms with Crippen LogP contribution in [0.3, 0.4) is 0 Å². The van der Waals surface area contributed by atoms with Crippen molar-refractivity contribution in [2.45, 2.75) is 38.9 Å². The van der Waals surface area contributed by atoms with Gasteiger partial charge < -0.3 is 5.32 Å². The van der Waals surface area contributed by atoms with Crippen molar-refractivity contribution in [2.24, 2.45) is 0 Å². The lowest BCUT2D eigenvalue weighted by Gasteiger charge is -2.19. The van der Waals surface area contributed by atoms with Crippen molar-refractivity contribution in [3.63, 3.8) is 0 Å². The third kappa shape index (κ3) is 3.92. The van der Waals surface area contributed by atoms with E-state index < -0.39 is 0 Å². The molecule has 1 heterocycles. The summed E-state index contributed by atoms with van der Waals surface area (Å²) >= 11 is 0. The van der Waals surface area contributed by atoms with Crippen LogP contribution in [0.25, 0.3) is 0 Å². The Bertz CT molecular complexity index is 369. The summed E-state index contributed by atoms with van der Waals surface area (Å²) < 4.78 is 1.94. The molecule has 1 fully saturated rings. The number of hydrogen-bond acceptors (Lipinski definition) is 4. The minimum atomic E-state index is 0.771. The fourth-order valence-electron chi connectivity index (χ4n) is 2.04. The summed E-state index contributed by atoms with van der Waals surface area (Å²) in [4.78, 5) is 2.47. The first-order valence-corrected chi connectivity index (χ1v) is 6.78. The largest absolute Gasteiger partial charge is 0.311 e. The molecule has 1 aromatic rings. The molecule has 1 aliphatic carbocycles. The Morgan fingerprint density at radius 1 is 1.61 bits per heavy atom. The lowest BCUT2D eigenvalue weighted by molar-refractivity contribution is 0.273. The first kappa shape index (κ1) is 13.2. The van der Waals surface area contributed by atoms with Crippen LogP contribution in [0.5, 0.6) is 0 Å². The first-order valence-electron chi connectivity index (χ1n) is 6.78. The maximum Gasteiger partial charge on any atom is 0.0964 e. The van der Waals surface area contributed by atoms with Gasteiger partial charge in [0, 0.05) is 31.9 Å². The summed E-state index contributed by atoms with van der Waals surface area (Å²) in [6.07, 6.45) is 6.67. The number of nitrogens with one attached hydrogen (secondary N) is 1. The predicted octanol–water partition coefficient (Wildman–Crippen LogP) is 1.04. The summed E-state index contributed by atoms with van der Waals surface area (Å²) in [6.45, 7) is 10.6. The Morgan fingerprint density at radius 2 is 2.44 bits per heavy atom. The van der Waals surface area contributed by atoms with Crippen LogP contribution in [0.4, 0.5) is 0 Å². The Labute approximate surface area is 109 Å². The summed E-state index contributed by atoms with van der Waals surface area (Å²) in [5, 5.41) is 11.6. The van der Waals surface area contributed by atoms with Crippen LogP contribution >= 0.6 is 0 Å². The standard InChI is InChI=1S/C13H23N5/c1-3-7-17(13-5-6-13)8-9-18-11-12(15-16-18)10-14-4-2/h3,11,13-14H,1,4-10H2,2H3. The Balaban J connectivity index is 1.77. The van der Waals surface area contributed by atoms with Gasteiger partial charge in [-0.25, -0.2) is 0 Å². The second-order valence-electron chi connectivity index (χ2n) is 4.77. The highest BCUT2D eigenvalue weighted by Gasteiger charge is 2.27. The van der Waals surface area contributed by atoms with Crippen molar-refractivity contribution in [1.82, 2.24) is 25.2 Å². The normalized spacial score (nSPS) is 15.2. The number of aromatic nitrogens is 3. The van der Waals surface area contributed by atoms with Gasteiger partial charge in [-0.3, -0.25) is 9.58 Å². The molecule has 1 aliphatic rings. The maximum absolute atomic E-state index is 4.16. The van der Waals surface area contributed by atoms with Crippen LogP contribution in [0, 0.1) is 0 Å². The molecule has 5 heteroatoms. The van der Waals surface area contributed by atoms with Crippen molar-refractivity contribution >= 4 is 0 Å². The first-order chi connectivity index (χ1) is 8.83. The second kappa shape index (κ2) is 6.66. The van der Waals surface area contributed by atoms with Gasteiger partial charge in [0.2, 0.25) is 0 Å².